The number of nitrogens with zero attached hydrogens (tertiary/aromatic N) is 2. The average molecular weight is 330 g/mol. The molecule has 1 aromatic carbocycles. The maximum absolute atomic E-state index is 12.5. The third-order valence-electron chi connectivity index (χ3n) is 4.01. The predicted octanol–water partition coefficient (Wildman–Crippen LogP) is 1.69. The first-order valence-corrected chi connectivity index (χ1v) is 8.22. The van der Waals surface area contributed by atoms with E-state index in [9.17, 15) is 4.79 Å². The molecule has 1 aliphatic heterocycles. The van der Waals surface area contributed by atoms with E-state index in [2.05, 4.69) is 20.8 Å². The van der Waals surface area contributed by atoms with Crippen LogP contribution in [0.3, 0.4) is 0 Å². The van der Waals surface area contributed by atoms with Crippen LogP contribution in [0.5, 0.6) is 5.75 Å². The van der Waals surface area contributed by atoms with E-state index in [0.29, 0.717) is 35.5 Å². The number of para-hydroxylation sites is 1. The van der Waals surface area contributed by atoms with Crippen molar-refractivity contribution >= 4 is 5.91 Å². The number of piperidine rings is 1. The number of ether oxygens (including phenoxy) is 1. The maximum atomic E-state index is 12.5. The number of rotatable bonds is 6. The van der Waals surface area contributed by atoms with Crippen LogP contribution < -0.4 is 15.4 Å². The fraction of sp³-hybridized carbons (Fsp3) is 0.471. The molecule has 0 radical (unpaired) electrons. The summed E-state index contributed by atoms with van der Waals surface area (Å²) in [6.45, 7) is 4.57. The maximum Gasteiger partial charge on any atom is 0.255 e. The highest BCUT2D eigenvalue weighted by atomic mass is 16.5. The van der Waals surface area contributed by atoms with Gasteiger partial charge in [0.1, 0.15) is 5.75 Å². The molecule has 0 saturated carbocycles. The van der Waals surface area contributed by atoms with E-state index < -0.39 is 0 Å². The molecule has 1 aliphatic rings. The van der Waals surface area contributed by atoms with Gasteiger partial charge >= 0.3 is 0 Å². The van der Waals surface area contributed by atoms with E-state index >= 15 is 0 Å². The van der Waals surface area contributed by atoms with Gasteiger partial charge in [0.2, 0.25) is 11.7 Å². The van der Waals surface area contributed by atoms with Gasteiger partial charge in [0.15, 0.2) is 6.61 Å². The molecular formula is C17H22N4O3. The van der Waals surface area contributed by atoms with Crippen LogP contribution in [-0.4, -0.2) is 35.7 Å². The molecule has 0 spiro atoms. The van der Waals surface area contributed by atoms with Crippen LogP contribution >= 0.6 is 0 Å². The summed E-state index contributed by atoms with van der Waals surface area (Å²) >= 11 is 0. The standard InChI is InChI=1S/C17H22N4O3/c1-12-20-16(21-24-12)11-23-15-7-3-2-6-14(15)17(22)19-10-13-5-4-8-18-9-13/h2-3,6-7,13,18H,4-5,8-11H2,1H3,(H,19,22). The average Bonchev–Trinajstić information content (AvgIpc) is 3.04. The van der Waals surface area contributed by atoms with Crippen LogP contribution in [-0.2, 0) is 6.61 Å². The van der Waals surface area contributed by atoms with Crippen molar-refractivity contribution in [1.82, 2.24) is 20.8 Å². The SMILES string of the molecule is Cc1nc(COc2ccccc2C(=O)NCC2CCCNC2)no1. The van der Waals surface area contributed by atoms with Gasteiger partial charge in [-0.2, -0.15) is 4.98 Å². The summed E-state index contributed by atoms with van der Waals surface area (Å²) in [6, 6.07) is 7.18. The van der Waals surface area contributed by atoms with Crippen LogP contribution in [0.25, 0.3) is 0 Å². The molecule has 0 aliphatic carbocycles. The normalized spacial score (nSPS) is 17.5. The zero-order valence-electron chi connectivity index (χ0n) is 13.7. The number of nitrogens with one attached hydrogen (secondary N) is 2. The highest BCUT2D eigenvalue weighted by molar-refractivity contribution is 5.96. The van der Waals surface area contributed by atoms with Crippen LogP contribution in [0.4, 0.5) is 0 Å². The molecule has 1 unspecified atom stereocenters. The van der Waals surface area contributed by atoms with E-state index in [1.165, 1.54) is 0 Å². The summed E-state index contributed by atoms with van der Waals surface area (Å²) in [5.41, 5.74) is 0.515. The summed E-state index contributed by atoms with van der Waals surface area (Å²) in [6.07, 6.45) is 2.30. The highest BCUT2D eigenvalue weighted by Crippen LogP contribution is 2.19. The molecule has 1 amide bonds. The van der Waals surface area contributed by atoms with Crippen molar-refractivity contribution in [2.45, 2.75) is 26.4 Å². The monoisotopic (exact) mass is 330 g/mol. The summed E-state index contributed by atoms with van der Waals surface area (Å²) < 4.78 is 10.6. The van der Waals surface area contributed by atoms with Crippen LogP contribution in [0.15, 0.2) is 28.8 Å². The van der Waals surface area contributed by atoms with Gasteiger partial charge in [0.05, 0.1) is 5.56 Å². The molecule has 0 bridgehead atoms. The van der Waals surface area contributed by atoms with Crippen molar-refractivity contribution in [2.24, 2.45) is 5.92 Å². The van der Waals surface area contributed by atoms with Gasteiger partial charge in [-0.15, -0.1) is 0 Å². The van der Waals surface area contributed by atoms with Gasteiger partial charge in [-0.1, -0.05) is 17.3 Å². The number of amides is 1. The number of hydrogen-bond acceptors (Lipinski definition) is 6. The van der Waals surface area contributed by atoms with Crippen LogP contribution in [0, 0.1) is 12.8 Å². The van der Waals surface area contributed by atoms with Gasteiger partial charge in [-0.25, -0.2) is 0 Å². The fourth-order valence-corrected chi connectivity index (χ4v) is 2.75. The van der Waals surface area contributed by atoms with Crippen LogP contribution in [0.2, 0.25) is 0 Å². The van der Waals surface area contributed by atoms with Gasteiger partial charge in [0.25, 0.3) is 5.91 Å². The first-order chi connectivity index (χ1) is 11.7. The summed E-state index contributed by atoms with van der Waals surface area (Å²) in [7, 11) is 0. The van der Waals surface area contributed by atoms with E-state index in [4.69, 9.17) is 9.26 Å². The van der Waals surface area contributed by atoms with Crippen molar-refractivity contribution < 1.29 is 14.1 Å². The highest BCUT2D eigenvalue weighted by Gasteiger charge is 2.17. The fourth-order valence-electron chi connectivity index (χ4n) is 2.75. The molecule has 7 heteroatoms. The van der Waals surface area contributed by atoms with E-state index in [0.717, 1.165) is 25.9 Å². The van der Waals surface area contributed by atoms with Crippen molar-refractivity contribution in [3.05, 3.63) is 41.5 Å². The summed E-state index contributed by atoms with van der Waals surface area (Å²) in [5, 5.41) is 10.1. The molecular weight excluding hydrogens is 308 g/mol. The molecule has 7 nitrogen and oxygen atoms in total. The Morgan fingerprint density at radius 1 is 1.46 bits per heavy atom. The third-order valence-corrected chi connectivity index (χ3v) is 4.01. The Bertz CT molecular complexity index is 680. The molecule has 1 saturated heterocycles. The second-order valence-corrected chi connectivity index (χ2v) is 5.94. The van der Waals surface area contributed by atoms with E-state index in [1.807, 2.05) is 12.1 Å². The Balaban J connectivity index is 1.58. The lowest BCUT2D eigenvalue weighted by Gasteiger charge is -2.23. The van der Waals surface area contributed by atoms with E-state index in [1.54, 1.807) is 19.1 Å². The minimum Gasteiger partial charge on any atom is -0.485 e. The largest absolute Gasteiger partial charge is 0.485 e. The molecule has 128 valence electrons. The van der Waals surface area contributed by atoms with Gasteiger partial charge < -0.3 is 19.9 Å². The van der Waals surface area contributed by atoms with Crippen molar-refractivity contribution in [3.8, 4) is 5.75 Å². The number of hydrogen-bond donors (Lipinski definition) is 2. The predicted molar refractivity (Wildman–Crippen MR) is 87.7 cm³/mol. The van der Waals surface area contributed by atoms with Crippen LogP contribution in [0.1, 0.15) is 34.9 Å². The lowest BCUT2D eigenvalue weighted by molar-refractivity contribution is 0.0940. The number of benzene rings is 1. The molecule has 1 aromatic heterocycles. The number of aryl methyl sites for hydroxylation is 1. The zero-order valence-corrected chi connectivity index (χ0v) is 13.7. The lowest BCUT2D eigenvalue weighted by atomic mass is 9.99. The molecule has 2 heterocycles. The van der Waals surface area contributed by atoms with E-state index in [-0.39, 0.29) is 12.5 Å². The number of aromatic nitrogens is 2. The Morgan fingerprint density at radius 2 is 2.33 bits per heavy atom. The summed E-state index contributed by atoms with van der Waals surface area (Å²) in [5.74, 6) is 1.81. The Hall–Kier alpha value is -2.41. The topological polar surface area (TPSA) is 89.3 Å². The Morgan fingerprint density at radius 3 is 3.08 bits per heavy atom. The first-order valence-electron chi connectivity index (χ1n) is 8.22. The smallest absolute Gasteiger partial charge is 0.255 e. The molecule has 2 N–H and O–H groups in total. The van der Waals surface area contributed by atoms with Crippen molar-refractivity contribution in [3.63, 3.8) is 0 Å². The minimum atomic E-state index is -0.125. The minimum absolute atomic E-state index is 0.125. The first kappa shape index (κ1) is 16.4. The number of carbonyl (C=O) groups is 1. The molecule has 1 atom stereocenters. The Labute approximate surface area is 140 Å². The summed E-state index contributed by atoms with van der Waals surface area (Å²) in [4.78, 5) is 16.5. The molecule has 24 heavy (non-hydrogen) atoms. The van der Waals surface area contributed by atoms with Gasteiger partial charge in [-0.3, -0.25) is 4.79 Å². The zero-order chi connectivity index (χ0) is 16.8. The molecule has 1 fully saturated rings. The Kier molecular flexibility index (Phi) is 5.43. The lowest BCUT2D eigenvalue weighted by Crippen LogP contribution is -2.38. The third kappa shape index (κ3) is 4.32. The van der Waals surface area contributed by atoms with Crippen molar-refractivity contribution in [1.29, 1.82) is 0 Å². The molecule has 3 rings (SSSR count). The van der Waals surface area contributed by atoms with Gasteiger partial charge in [0, 0.05) is 13.5 Å². The quantitative estimate of drug-likeness (QED) is 0.838. The second kappa shape index (κ2) is 7.92. The second-order valence-electron chi connectivity index (χ2n) is 5.94. The van der Waals surface area contributed by atoms with Gasteiger partial charge in [-0.05, 0) is 44.0 Å². The van der Waals surface area contributed by atoms with Crippen molar-refractivity contribution in [2.75, 3.05) is 19.6 Å². The number of carbonyl (C=O) groups excluding carboxylic acids is 1. The molecule has 2 aromatic rings.